The number of rotatable bonds is 43. The first-order valence-electron chi connectivity index (χ1n) is 28.4. The second kappa shape index (κ2) is 40.9. The van der Waals surface area contributed by atoms with Crippen LogP contribution in [0.3, 0.4) is 0 Å². The molecule has 0 spiro atoms. The molecule has 0 fully saturated rings. The molecule has 0 aliphatic heterocycles. The summed E-state index contributed by atoms with van der Waals surface area (Å²) in [4.78, 5) is 148. The molecule has 0 aromatic heterocycles. The molecule has 0 aromatic rings. The van der Waals surface area contributed by atoms with E-state index in [4.69, 9.17) is 34.4 Å². The Labute approximate surface area is 481 Å². The van der Waals surface area contributed by atoms with Crippen molar-refractivity contribution < 1.29 is 68.1 Å². The zero-order valence-corrected chi connectivity index (χ0v) is 49.2. The molecule has 0 saturated heterocycles. The molecule has 25 N–H and O–H groups in total. The van der Waals surface area contributed by atoms with E-state index >= 15 is 0 Å². The van der Waals surface area contributed by atoms with Crippen molar-refractivity contribution in [3.8, 4) is 0 Å². The Hall–Kier alpha value is -6.15. The molecule has 10 amide bonds. The fraction of sp³-hybridized carbons (Fsp3) is 0.788. The van der Waals surface area contributed by atoms with E-state index in [1.54, 1.807) is 27.7 Å². The van der Waals surface area contributed by atoms with E-state index in [2.05, 4.69) is 60.1 Å². The zero-order chi connectivity index (χ0) is 62.8. The number of amides is 10. The minimum atomic E-state index is -1.68. The Bertz CT molecular complexity index is 2030. The number of carboxylic acids is 1. The Morgan fingerprint density at radius 3 is 1.09 bits per heavy atom. The minimum Gasteiger partial charge on any atom is -0.480 e. The Morgan fingerprint density at radius 1 is 0.402 bits per heavy atom. The van der Waals surface area contributed by atoms with E-state index in [-0.39, 0.29) is 109 Å². The van der Waals surface area contributed by atoms with Crippen LogP contribution in [0.4, 0.5) is 0 Å². The van der Waals surface area contributed by atoms with Crippen LogP contribution in [0.5, 0.6) is 0 Å². The smallest absolute Gasteiger partial charge is 0.326 e. The monoisotopic (exact) mass is 1170 g/mol. The summed E-state index contributed by atoms with van der Waals surface area (Å²) in [7, 11) is 0. The maximum Gasteiger partial charge on any atom is 0.326 e. The number of carbonyl (C=O) groups excluding carboxylic acids is 10. The molecule has 0 bridgehead atoms. The quantitative estimate of drug-likeness (QED) is 0.0270. The van der Waals surface area contributed by atoms with Crippen molar-refractivity contribution in [2.24, 2.45) is 52.2 Å². The summed E-state index contributed by atoms with van der Waals surface area (Å²) in [5, 5.41) is 55.3. The van der Waals surface area contributed by atoms with Crippen LogP contribution in [-0.2, 0) is 52.7 Å². The van der Waals surface area contributed by atoms with E-state index in [0.717, 1.165) is 12.8 Å². The normalized spacial score (nSPS) is 16.1. The number of nitrogens with two attached hydrogens (primary N) is 6. The van der Waals surface area contributed by atoms with Crippen LogP contribution in [0.2, 0.25) is 0 Å². The second-order valence-electron chi connectivity index (χ2n) is 21.5. The first-order chi connectivity index (χ1) is 38.5. The maximum absolute atomic E-state index is 14.3. The largest absolute Gasteiger partial charge is 0.480 e. The van der Waals surface area contributed by atoms with E-state index < -0.39 is 138 Å². The predicted molar refractivity (Wildman–Crippen MR) is 305 cm³/mol. The summed E-state index contributed by atoms with van der Waals surface area (Å²) in [5.41, 5.74) is 34.5. The topological polar surface area (TPSA) is 525 Å². The lowest BCUT2D eigenvalue weighted by molar-refractivity contribution is -0.142. The van der Waals surface area contributed by atoms with Crippen molar-refractivity contribution in [2.75, 3.05) is 39.3 Å². The Kier molecular flexibility index (Phi) is 37.9. The van der Waals surface area contributed by atoms with Crippen LogP contribution in [0.15, 0.2) is 0 Å². The first kappa shape index (κ1) is 75.8. The van der Waals surface area contributed by atoms with Crippen LogP contribution in [0, 0.1) is 17.8 Å². The number of aliphatic hydroxyl groups excluding tert-OH is 2. The van der Waals surface area contributed by atoms with Crippen molar-refractivity contribution in [3.63, 3.8) is 0 Å². The molecular weight excluding hydrogens is 1070 g/mol. The highest BCUT2D eigenvalue weighted by Crippen LogP contribution is 2.13. The lowest BCUT2D eigenvalue weighted by atomic mass is 9.99. The molecule has 0 aliphatic carbocycles. The van der Waals surface area contributed by atoms with Gasteiger partial charge in [0.25, 0.3) is 0 Å². The van der Waals surface area contributed by atoms with Gasteiger partial charge >= 0.3 is 5.97 Å². The number of aliphatic hydroxyl groups is 2. The summed E-state index contributed by atoms with van der Waals surface area (Å²) < 4.78 is 0. The lowest BCUT2D eigenvalue weighted by Gasteiger charge is -2.29. The van der Waals surface area contributed by atoms with E-state index in [0.29, 0.717) is 12.3 Å². The number of carboxylic acid groups (broad SMARTS) is 1. The number of hydrogen-bond donors (Lipinski definition) is 19. The molecule has 82 heavy (non-hydrogen) atoms. The van der Waals surface area contributed by atoms with Gasteiger partial charge in [-0.15, -0.1) is 0 Å². The summed E-state index contributed by atoms with van der Waals surface area (Å²) >= 11 is 0. The summed E-state index contributed by atoms with van der Waals surface area (Å²) in [5.74, 6) is -9.91. The standard InChI is InChI=1S/C52H100N16O14/c1-9-29(6)11-10-12-40(71)60-32(13-19-53)47(76)68-42(31(8)70)51(80)64-35(16-22-56)43(72)63-36(18-24-59-50(79)41(58)30(7)69)46(75)61-34(15-21-55)45(74)66-39(26-28(4)5)49(78)67-38(25-27(2)3)48(77)62-33(14-20-54)44(73)65-37(17-23-57)52(81)82/h27-39,41-42,69-70H,9-26,53-58H2,1-8H3,(H,59,79)(H,60,71)(H,61,75)(H,62,77)(H,63,72)(H,64,80)(H,65,73)(H,66,74)(H,67,78)(H,68,76)(H,81,82)/t29?,30-,31-,32+,33+,34+,35+,36+,37+,38+,39-,41+,42+/m1/s1. The molecule has 30 nitrogen and oxygen atoms in total. The average molecular weight is 1170 g/mol. The van der Waals surface area contributed by atoms with Crippen LogP contribution in [0.25, 0.3) is 0 Å². The molecule has 472 valence electrons. The third kappa shape index (κ3) is 29.7. The highest BCUT2D eigenvalue weighted by Gasteiger charge is 2.36. The summed E-state index contributed by atoms with van der Waals surface area (Å²) in [6.45, 7) is 12.7. The van der Waals surface area contributed by atoms with Gasteiger partial charge < -0.3 is 103 Å². The highest BCUT2D eigenvalue weighted by molar-refractivity contribution is 5.98. The van der Waals surface area contributed by atoms with Crippen LogP contribution < -0.4 is 87.6 Å². The van der Waals surface area contributed by atoms with Crippen LogP contribution in [0.1, 0.15) is 132 Å². The SMILES string of the molecule is CCC(C)CCCC(=O)N[C@@H](CCN)C(=O)N[C@H](C(=O)N[C@@H](CCN)C(=O)N[C@@H](CCNC(=O)[C@@H](N)[C@@H](C)O)C(=O)N[C@@H](CCN)C(=O)N[C@H](CC(C)C)C(=O)N[C@@H](CC(C)C)C(=O)N[C@@H](CCN)C(=O)N[C@@H](CCN)C(=O)O)[C@@H](C)O. The van der Waals surface area contributed by atoms with E-state index in [9.17, 15) is 68.1 Å². The summed E-state index contributed by atoms with van der Waals surface area (Å²) in [6.07, 6.45) is -1.38. The van der Waals surface area contributed by atoms with Crippen molar-refractivity contribution in [1.29, 1.82) is 0 Å². The van der Waals surface area contributed by atoms with Crippen molar-refractivity contribution in [3.05, 3.63) is 0 Å². The minimum absolute atomic E-state index is 0.0110. The van der Waals surface area contributed by atoms with Gasteiger partial charge in [-0.2, -0.15) is 0 Å². The van der Waals surface area contributed by atoms with E-state index in [1.165, 1.54) is 13.8 Å². The van der Waals surface area contributed by atoms with Gasteiger partial charge in [-0.1, -0.05) is 54.4 Å². The zero-order valence-electron chi connectivity index (χ0n) is 49.2. The molecule has 13 atom stereocenters. The van der Waals surface area contributed by atoms with Gasteiger partial charge in [0.05, 0.1) is 12.2 Å². The van der Waals surface area contributed by atoms with Gasteiger partial charge in [0.15, 0.2) is 0 Å². The van der Waals surface area contributed by atoms with Gasteiger partial charge in [-0.05, 0) is 122 Å². The Morgan fingerprint density at radius 2 is 0.732 bits per heavy atom. The van der Waals surface area contributed by atoms with Gasteiger partial charge in [0.2, 0.25) is 59.1 Å². The second-order valence-corrected chi connectivity index (χ2v) is 21.5. The van der Waals surface area contributed by atoms with Crippen molar-refractivity contribution >= 4 is 65.0 Å². The molecule has 30 heteroatoms. The molecule has 0 radical (unpaired) electrons. The molecular formula is C52H100N16O14. The summed E-state index contributed by atoms with van der Waals surface area (Å²) in [6, 6.07) is -14.1. The fourth-order valence-electron chi connectivity index (χ4n) is 8.15. The van der Waals surface area contributed by atoms with Gasteiger partial charge in [0, 0.05) is 13.0 Å². The lowest BCUT2D eigenvalue weighted by Crippen LogP contribution is -2.62. The molecule has 0 aliphatic rings. The van der Waals surface area contributed by atoms with Crippen LogP contribution >= 0.6 is 0 Å². The molecule has 1 unspecified atom stereocenters. The van der Waals surface area contributed by atoms with Gasteiger partial charge in [0.1, 0.15) is 60.4 Å². The molecule has 0 aromatic carbocycles. The number of aliphatic carboxylic acids is 1. The molecule has 0 rings (SSSR count). The first-order valence-corrected chi connectivity index (χ1v) is 28.4. The predicted octanol–water partition coefficient (Wildman–Crippen LogP) is -5.92. The van der Waals surface area contributed by atoms with Crippen molar-refractivity contribution in [1.82, 2.24) is 53.2 Å². The third-order valence-corrected chi connectivity index (χ3v) is 13.2. The van der Waals surface area contributed by atoms with Crippen LogP contribution in [-0.4, -0.2) is 192 Å². The molecule has 0 saturated carbocycles. The maximum atomic E-state index is 14.3. The third-order valence-electron chi connectivity index (χ3n) is 13.2. The molecule has 0 heterocycles. The average Bonchev–Trinajstić information content (AvgIpc) is 3.43. The van der Waals surface area contributed by atoms with Gasteiger partial charge in [-0.3, -0.25) is 47.9 Å². The fourth-order valence-corrected chi connectivity index (χ4v) is 8.15. The number of nitrogens with one attached hydrogen (secondary N) is 10. The van der Waals surface area contributed by atoms with Crippen molar-refractivity contribution in [2.45, 2.75) is 205 Å². The Balaban J connectivity index is 6.81. The van der Waals surface area contributed by atoms with Gasteiger partial charge in [-0.25, -0.2) is 4.79 Å². The highest BCUT2D eigenvalue weighted by atomic mass is 16.4. The number of hydrogen-bond acceptors (Lipinski definition) is 19. The van der Waals surface area contributed by atoms with E-state index in [1.807, 2.05) is 6.92 Å². The number of carbonyl (C=O) groups is 11.